The van der Waals surface area contributed by atoms with Gasteiger partial charge in [-0.1, -0.05) is 20.8 Å². The van der Waals surface area contributed by atoms with E-state index in [0.717, 1.165) is 30.0 Å². The summed E-state index contributed by atoms with van der Waals surface area (Å²) in [6, 6.07) is 3.99. The summed E-state index contributed by atoms with van der Waals surface area (Å²) in [5.41, 5.74) is 1.10. The summed E-state index contributed by atoms with van der Waals surface area (Å²) >= 11 is 1.74. The lowest BCUT2D eigenvalue weighted by molar-refractivity contribution is -0.122. The van der Waals surface area contributed by atoms with Gasteiger partial charge in [-0.25, -0.2) is 4.98 Å². The van der Waals surface area contributed by atoms with E-state index in [9.17, 15) is 4.79 Å². The minimum Gasteiger partial charge on any atom is -0.351 e. The average molecular weight is 293 g/mol. The van der Waals surface area contributed by atoms with Gasteiger partial charge in [-0.3, -0.25) is 4.79 Å². The molecule has 110 valence electrons. The predicted octanol–water partition coefficient (Wildman–Crippen LogP) is 2.34. The fourth-order valence-electron chi connectivity index (χ4n) is 2.15. The fraction of sp³-hybridized carbons (Fsp3) is 0.600. The molecule has 1 atom stereocenters. The van der Waals surface area contributed by atoms with Crippen molar-refractivity contribution >= 4 is 17.7 Å². The van der Waals surface area contributed by atoms with Crippen molar-refractivity contribution in [2.75, 3.05) is 6.54 Å². The molecule has 0 aliphatic carbocycles. The van der Waals surface area contributed by atoms with Gasteiger partial charge in [-0.05, 0) is 37.1 Å². The minimum absolute atomic E-state index is 0.0137. The second-order valence-corrected chi connectivity index (χ2v) is 7.93. The maximum Gasteiger partial charge on any atom is 0.237 e. The maximum absolute atomic E-state index is 11.9. The average Bonchev–Trinajstić information content (AvgIpc) is 2.88. The van der Waals surface area contributed by atoms with E-state index in [1.54, 1.807) is 11.8 Å². The molecule has 0 spiro atoms. The van der Waals surface area contributed by atoms with E-state index in [-0.39, 0.29) is 16.7 Å². The van der Waals surface area contributed by atoms with E-state index in [1.807, 2.05) is 12.3 Å². The Morgan fingerprint density at radius 2 is 2.35 bits per heavy atom. The van der Waals surface area contributed by atoms with E-state index in [2.05, 4.69) is 42.5 Å². The Hall–Kier alpha value is -1.07. The van der Waals surface area contributed by atoms with E-state index >= 15 is 0 Å². The van der Waals surface area contributed by atoms with Crippen molar-refractivity contribution in [3.63, 3.8) is 0 Å². The number of rotatable bonds is 4. The summed E-state index contributed by atoms with van der Waals surface area (Å²) in [4.78, 5) is 16.3. The summed E-state index contributed by atoms with van der Waals surface area (Å²) in [7, 11) is 0. The van der Waals surface area contributed by atoms with Crippen molar-refractivity contribution in [2.24, 2.45) is 0 Å². The largest absolute Gasteiger partial charge is 0.351 e. The Balaban J connectivity index is 1.89. The zero-order valence-electron chi connectivity index (χ0n) is 12.4. The van der Waals surface area contributed by atoms with E-state index in [4.69, 9.17) is 0 Å². The van der Waals surface area contributed by atoms with Crippen LogP contribution in [0.25, 0.3) is 0 Å². The van der Waals surface area contributed by atoms with Gasteiger partial charge >= 0.3 is 0 Å². The van der Waals surface area contributed by atoms with Crippen LogP contribution in [0.15, 0.2) is 23.4 Å². The van der Waals surface area contributed by atoms with Crippen LogP contribution in [0.2, 0.25) is 0 Å². The van der Waals surface area contributed by atoms with Crippen molar-refractivity contribution in [1.29, 1.82) is 0 Å². The number of hydrogen-bond acceptors (Lipinski definition) is 4. The standard InChI is InChI=1S/C15H23N3OS/c1-15(2,3)20-13-9-11(6-8-17-13)10-18-14(19)12-5-4-7-16-12/h6,8-9,12,16H,4-5,7,10H2,1-3H3,(H,18,19). The Kier molecular flexibility index (Phi) is 5.05. The van der Waals surface area contributed by atoms with Crippen molar-refractivity contribution in [1.82, 2.24) is 15.6 Å². The van der Waals surface area contributed by atoms with Gasteiger partial charge in [-0.2, -0.15) is 0 Å². The van der Waals surface area contributed by atoms with Crippen LogP contribution in [0.3, 0.4) is 0 Å². The lowest BCUT2D eigenvalue weighted by atomic mass is 10.2. The van der Waals surface area contributed by atoms with Gasteiger partial charge in [0, 0.05) is 17.5 Å². The number of carbonyl (C=O) groups excluding carboxylic acids is 1. The topological polar surface area (TPSA) is 54.0 Å². The molecule has 2 rings (SSSR count). The molecule has 1 saturated heterocycles. The highest BCUT2D eigenvalue weighted by atomic mass is 32.2. The molecule has 20 heavy (non-hydrogen) atoms. The maximum atomic E-state index is 11.9. The number of nitrogens with one attached hydrogen (secondary N) is 2. The van der Waals surface area contributed by atoms with Gasteiger partial charge in [0.25, 0.3) is 0 Å². The summed E-state index contributed by atoms with van der Waals surface area (Å²) in [6.07, 6.45) is 3.83. The predicted molar refractivity (Wildman–Crippen MR) is 82.7 cm³/mol. The second-order valence-electron chi connectivity index (χ2n) is 6.08. The molecule has 5 heteroatoms. The first-order valence-corrected chi connectivity index (χ1v) is 7.91. The molecule has 0 radical (unpaired) electrons. The number of pyridine rings is 1. The Labute approximate surface area is 125 Å². The molecule has 1 aromatic rings. The number of carbonyl (C=O) groups is 1. The molecule has 1 aromatic heterocycles. The molecular formula is C15H23N3OS. The molecule has 1 fully saturated rings. The quantitative estimate of drug-likeness (QED) is 0.837. The first-order valence-electron chi connectivity index (χ1n) is 7.09. The normalized spacial score (nSPS) is 19.1. The van der Waals surface area contributed by atoms with Crippen molar-refractivity contribution < 1.29 is 4.79 Å². The number of hydrogen-bond donors (Lipinski definition) is 2. The summed E-state index contributed by atoms with van der Waals surface area (Å²) in [5.74, 6) is 0.101. The van der Waals surface area contributed by atoms with Crippen molar-refractivity contribution in [3.8, 4) is 0 Å². The molecule has 1 aliphatic heterocycles. The van der Waals surface area contributed by atoms with Gasteiger partial charge in [-0.15, -0.1) is 11.8 Å². The zero-order chi connectivity index (χ0) is 14.6. The highest BCUT2D eigenvalue weighted by Crippen LogP contribution is 2.30. The smallest absolute Gasteiger partial charge is 0.237 e. The number of nitrogens with zero attached hydrogens (tertiary/aromatic N) is 1. The molecule has 1 amide bonds. The molecule has 2 heterocycles. The fourth-order valence-corrected chi connectivity index (χ4v) is 3.10. The Morgan fingerprint density at radius 1 is 1.55 bits per heavy atom. The van der Waals surface area contributed by atoms with Gasteiger partial charge in [0.1, 0.15) is 0 Å². The summed E-state index contributed by atoms with van der Waals surface area (Å²) in [5, 5.41) is 7.20. The number of thioether (sulfide) groups is 1. The highest BCUT2D eigenvalue weighted by molar-refractivity contribution is 8.00. The molecule has 0 aromatic carbocycles. The lowest BCUT2D eigenvalue weighted by Crippen LogP contribution is -2.40. The van der Waals surface area contributed by atoms with Crippen molar-refractivity contribution in [3.05, 3.63) is 23.9 Å². The van der Waals surface area contributed by atoms with Crippen LogP contribution in [0.5, 0.6) is 0 Å². The molecule has 4 nitrogen and oxygen atoms in total. The molecule has 1 aliphatic rings. The first-order chi connectivity index (χ1) is 9.44. The van der Waals surface area contributed by atoms with Crippen LogP contribution < -0.4 is 10.6 Å². The van der Waals surface area contributed by atoms with E-state index in [0.29, 0.717) is 6.54 Å². The molecule has 0 saturated carbocycles. The van der Waals surface area contributed by atoms with Gasteiger partial charge in [0.2, 0.25) is 5.91 Å². The number of amides is 1. The third-order valence-electron chi connectivity index (χ3n) is 3.05. The Morgan fingerprint density at radius 3 is 3.00 bits per heavy atom. The van der Waals surface area contributed by atoms with Crippen LogP contribution in [0.4, 0.5) is 0 Å². The van der Waals surface area contributed by atoms with Crippen LogP contribution in [-0.4, -0.2) is 28.2 Å². The minimum atomic E-state index is -0.0137. The molecular weight excluding hydrogens is 270 g/mol. The molecule has 2 N–H and O–H groups in total. The second kappa shape index (κ2) is 6.59. The Bertz CT molecular complexity index is 464. The van der Waals surface area contributed by atoms with Crippen LogP contribution in [0.1, 0.15) is 39.2 Å². The first kappa shape index (κ1) is 15.3. The highest BCUT2D eigenvalue weighted by Gasteiger charge is 2.21. The molecule has 0 bridgehead atoms. The SMILES string of the molecule is CC(C)(C)Sc1cc(CNC(=O)C2CCCN2)ccn1. The zero-order valence-corrected chi connectivity index (χ0v) is 13.2. The third kappa shape index (κ3) is 4.80. The van der Waals surface area contributed by atoms with E-state index < -0.39 is 0 Å². The monoisotopic (exact) mass is 293 g/mol. The number of aromatic nitrogens is 1. The van der Waals surface area contributed by atoms with Gasteiger partial charge < -0.3 is 10.6 Å². The van der Waals surface area contributed by atoms with Crippen molar-refractivity contribution in [2.45, 2.75) is 56.0 Å². The van der Waals surface area contributed by atoms with Gasteiger partial charge in [0.15, 0.2) is 0 Å². The van der Waals surface area contributed by atoms with Gasteiger partial charge in [0.05, 0.1) is 11.1 Å². The van der Waals surface area contributed by atoms with Crippen LogP contribution >= 0.6 is 11.8 Å². The molecule has 1 unspecified atom stereocenters. The third-order valence-corrected chi connectivity index (χ3v) is 4.10. The summed E-state index contributed by atoms with van der Waals surface area (Å²) in [6.45, 7) is 8.01. The lowest BCUT2D eigenvalue weighted by Gasteiger charge is -2.17. The van der Waals surface area contributed by atoms with Crippen LogP contribution in [-0.2, 0) is 11.3 Å². The van der Waals surface area contributed by atoms with E-state index in [1.165, 1.54) is 0 Å². The van der Waals surface area contributed by atoms with Crippen LogP contribution in [0, 0.1) is 0 Å². The summed E-state index contributed by atoms with van der Waals surface area (Å²) < 4.78 is 0.142.